The quantitative estimate of drug-likeness (QED) is 0.403. The Kier molecular flexibility index (Phi) is 6.09. The van der Waals surface area contributed by atoms with E-state index in [1.54, 1.807) is 12.1 Å². The van der Waals surface area contributed by atoms with Gasteiger partial charge in [-0.05, 0) is 60.4 Å². The van der Waals surface area contributed by atoms with E-state index >= 15 is 0 Å². The van der Waals surface area contributed by atoms with Crippen LogP contribution in [0.5, 0.6) is 0 Å². The van der Waals surface area contributed by atoms with Crippen molar-refractivity contribution in [2.45, 2.75) is 25.6 Å². The summed E-state index contributed by atoms with van der Waals surface area (Å²) in [5.41, 5.74) is 2.80. The average Bonchev–Trinajstić information content (AvgIpc) is 2.75. The predicted octanol–water partition coefficient (Wildman–Crippen LogP) is 6.40. The molecular formula is C24H19BrF4N2O. The molecule has 166 valence electrons. The van der Waals surface area contributed by atoms with Crippen LogP contribution in [-0.4, -0.2) is 12.5 Å². The van der Waals surface area contributed by atoms with E-state index in [2.05, 4.69) is 26.6 Å². The molecule has 1 unspecified atom stereocenters. The Balaban J connectivity index is 1.76. The van der Waals surface area contributed by atoms with Crippen molar-refractivity contribution in [3.8, 4) is 0 Å². The van der Waals surface area contributed by atoms with Gasteiger partial charge in [-0.2, -0.15) is 13.2 Å². The Morgan fingerprint density at radius 2 is 1.88 bits per heavy atom. The second-order valence-corrected chi connectivity index (χ2v) is 8.52. The number of carbonyl (C=O) groups excluding carboxylic acids is 1. The zero-order valence-corrected chi connectivity index (χ0v) is 18.6. The van der Waals surface area contributed by atoms with Crippen LogP contribution in [0, 0.1) is 12.7 Å². The number of alkyl halides is 3. The fourth-order valence-corrected chi connectivity index (χ4v) is 4.57. The molecule has 1 heterocycles. The molecule has 2 N–H and O–H groups in total. The van der Waals surface area contributed by atoms with E-state index in [1.807, 2.05) is 31.2 Å². The van der Waals surface area contributed by atoms with Crippen molar-refractivity contribution in [2.24, 2.45) is 0 Å². The number of halogens is 5. The number of carbonyl (C=O) groups is 1. The minimum absolute atomic E-state index is 0.217. The molecule has 1 atom stereocenters. The number of hydrogen-bond acceptors (Lipinski definition) is 2. The van der Waals surface area contributed by atoms with Gasteiger partial charge in [0.25, 0.3) is 5.91 Å². The summed E-state index contributed by atoms with van der Waals surface area (Å²) in [6.07, 6.45) is -4.05. The third-order valence-electron chi connectivity index (χ3n) is 5.55. The van der Waals surface area contributed by atoms with Crippen molar-refractivity contribution in [1.82, 2.24) is 5.32 Å². The fraction of sp³-hybridized carbons (Fsp3) is 0.208. The number of amides is 1. The van der Waals surface area contributed by atoms with E-state index in [1.165, 1.54) is 0 Å². The summed E-state index contributed by atoms with van der Waals surface area (Å²) in [6, 6.07) is 13.0. The van der Waals surface area contributed by atoms with Crippen molar-refractivity contribution < 1.29 is 22.4 Å². The van der Waals surface area contributed by atoms with Gasteiger partial charge >= 0.3 is 6.18 Å². The normalized spacial score (nSPS) is 15.9. The van der Waals surface area contributed by atoms with Gasteiger partial charge in [-0.25, -0.2) is 4.39 Å². The van der Waals surface area contributed by atoms with Gasteiger partial charge in [0.2, 0.25) is 0 Å². The molecule has 8 heteroatoms. The number of aryl methyl sites for hydroxylation is 1. The number of benzene rings is 3. The molecule has 0 saturated heterocycles. The third kappa shape index (κ3) is 4.42. The molecule has 0 radical (unpaired) electrons. The first kappa shape index (κ1) is 22.5. The first-order valence-corrected chi connectivity index (χ1v) is 10.7. The first-order chi connectivity index (χ1) is 15.1. The Bertz CT molecular complexity index is 1190. The number of hydrogen-bond donors (Lipinski definition) is 2. The monoisotopic (exact) mass is 506 g/mol. The average molecular weight is 507 g/mol. The SMILES string of the molecule is Cc1ccccc1C1NCCc2c(Br)ccc(NC(=O)c3cc(F)cc(C(F)(F)F)c3)c21. The summed E-state index contributed by atoms with van der Waals surface area (Å²) in [5, 5.41) is 6.18. The third-order valence-corrected chi connectivity index (χ3v) is 6.29. The lowest BCUT2D eigenvalue weighted by atomic mass is 9.86. The lowest BCUT2D eigenvalue weighted by molar-refractivity contribution is -0.137. The Labute approximate surface area is 191 Å². The van der Waals surface area contributed by atoms with E-state index in [9.17, 15) is 22.4 Å². The Hall–Kier alpha value is -2.71. The van der Waals surface area contributed by atoms with Crippen LogP contribution in [0.2, 0.25) is 0 Å². The molecule has 3 aromatic rings. The van der Waals surface area contributed by atoms with E-state index in [0.717, 1.165) is 39.3 Å². The molecule has 1 aliphatic heterocycles. The van der Waals surface area contributed by atoms with E-state index in [-0.39, 0.29) is 6.04 Å². The minimum atomic E-state index is -4.76. The van der Waals surface area contributed by atoms with Crippen molar-refractivity contribution in [3.63, 3.8) is 0 Å². The smallest absolute Gasteiger partial charge is 0.322 e. The highest BCUT2D eigenvalue weighted by Crippen LogP contribution is 2.39. The van der Waals surface area contributed by atoms with Crippen LogP contribution in [0.15, 0.2) is 59.1 Å². The van der Waals surface area contributed by atoms with Crippen molar-refractivity contribution in [1.29, 1.82) is 0 Å². The second kappa shape index (κ2) is 8.67. The Morgan fingerprint density at radius 3 is 2.59 bits per heavy atom. The molecule has 3 nitrogen and oxygen atoms in total. The van der Waals surface area contributed by atoms with Gasteiger partial charge in [0.1, 0.15) is 5.82 Å². The summed E-state index contributed by atoms with van der Waals surface area (Å²) in [6.45, 7) is 2.72. The van der Waals surface area contributed by atoms with E-state index in [0.29, 0.717) is 24.2 Å². The maximum absolute atomic E-state index is 13.8. The molecule has 0 bridgehead atoms. The summed E-state index contributed by atoms with van der Waals surface area (Å²) in [5.74, 6) is -1.93. The van der Waals surface area contributed by atoms with Gasteiger partial charge in [-0.15, -0.1) is 0 Å². The van der Waals surface area contributed by atoms with Crippen LogP contribution in [0.1, 0.15) is 44.2 Å². The lowest BCUT2D eigenvalue weighted by Gasteiger charge is -2.31. The molecule has 3 aromatic carbocycles. The van der Waals surface area contributed by atoms with Crippen molar-refractivity contribution >= 4 is 27.5 Å². The summed E-state index contributed by atoms with van der Waals surface area (Å²) >= 11 is 3.57. The molecule has 0 aromatic heterocycles. The fourth-order valence-electron chi connectivity index (χ4n) is 4.03. The van der Waals surface area contributed by atoms with Crippen LogP contribution in [-0.2, 0) is 12.6 Å². The van der Waals surface area contributed by atoms with Crippen LogP contribution < -0.4 is 10.6 Å². The highest BCUT2D eigenvalue weighted by Gasteiger charge is 2.32. The zero-order valence-electron chi connectivity index (χ0n) is 17.0. The molecule has 0 spiro atoms. The number of nitrogens with one attached hydrogen (secondary N) is 2. The predicted molar refractivity (Wildman–Crippen MR) is 118 cm³/mol. The first-order valence-electron chi connectivity index (χ1n) is 9.94. The molecule has 1 amide bonds. The molecule has 0 aliphatic carbocycles. The summed E-state index contributed by atoms with van der Waals surface area (Å²) < 4.78 is 53.9. The van der Waals surface area contributed by atoms with Gasteiger partial charge in [0.05, 0.1) is 11.6 Å². The maximum Gasteiger partial charge on any atom is 0.416 e. The molecular weight excluding hydrogens is 488 g/mol. The van der Waals surface area contributed by atoms with Crippen LogP contribution in [0.25, 0.3) is 0 Å². The summed E-state index contributed by atoms with van der Waals surface area (Å²) in [7, 11) is 0. The zero-order chi connectivity index (χ0) is 23.0. The molecule has 4 rings (SSSR count). The van der Waals surface area contributed by atoms with E-state index in [4.69, 9.17) is 0 Å². The topological polar surface area (TPSA) is 41.1 Å². The van der Waals surface area contributed by atoms with E-state index < -0.39 is 29.0 Å². The molecule has 1 aliphatic rings. The second-order valence-electron chi connectivity index (χ2n) is 7.66. The van der Waals surface area contributed by atoms with Crippen molar-refractivity contribution in [2.75, 3.05) is 11.9 Å². The number of rotatable bonds is 3. The van der Waals surface area contributed by atoms with Crippen molar-refractivity contribution in [3.05, 3.63) is 98.3 Å². The number of fused-ring (bicyclic) bond motifs is 1. The standard InChI is InChI=1S/C24H19BrF4N2O/c1-13-4-2-3-5-17(13)22-21-18(8-9-30-22)19(25)6-7-20(21)31-23(32)14-10-15(24(27,28)29)12-16(26)11-14/h2-7,10-12,22,30H,8-9H2,1H3,(H,31,32). The highest BCUT2D eigenvalue weighted by atomic mass is 79.9. The van der Waals surface area contributed by atoms with Gasteiger partial charge in [0.15, 0.2) is 0 Å². The lowest BCUT2D eigenvalue weighted by Crippen LogP contribution is -2.32. The minimum Gasteiger partial charge on any atom is -0.322 e. The van der Waals surface area contributed by atoms with Crippen LogP contribution in [0.4, 0.5) is 23.2 Å². The molecule has 0 fully saturated rings. The van der Waals surface area contributed by atoms with Crippen LogP contribution >= 0.6 is 15.9 Å². The van der Waals surface area contributed by atoms with Gasteiger partial charge in [-0.3, -0.25) is 4.79 Å². The largest absolute Gasteiger partial charge is 0.416 e. The number of anilines is 1. The summed E-state index contributed by atoms with van der Waals surface area (Å²) in [4.78, 5) is 12.8. The molecule has 0 saturated carbocycles. The van der Waals surface area contributed by atoms with Gasteiger partial charge < -0.3 is 10.6 Å². The van der Waals surface area contributed by atoms with Gasteiger partial charge in [0, 0.05) is 27.8 Å². The highest BCUT2D eigenvalue weighted by molar-refractivity contribution is 9.10. The van der Waals surface area contributed by atoms with Gasteiger partial charge in [-0.1, -0.05) is 40.2 Å². The Morgan fingerprint density at radius 1 is 1.12 bits per heavy atom. The van der Waals surface area contributed by atoms with Crippen LogP contribution in [0.3, 0.4) is 0 Å². The maximum atomic E-state index is 13.8. The molecule has 32 heavy (non-hydrogen) atoms.